The van der Waals surface area contributed by atoms with Gasteiger partial charge in [-0.25, -0.2) is 8.42 Å². The number of ether oxygens (including phenoxy) is 1. The van der Waals surface area contributed by atoms with Gasteiger partial charge >= 0.3 is 0 Å². The Balaban J connectivity index is 2.34. The maximum absolute atomic E-state index is 12.7. The Morgan fingerprint density at radius 2 is 2.20 bits per heavy atom. The van der Waals surface area contributed by atoms with Gasteiger partial charge < -0.3 is 10.1 Å². The van der Waals surface area contributed by atoms with Crippen molar-refractivity contribution in [3.05, 3.63) is 29.8 Å². The van der Waals surface area contributed by atoms with E-state index >= 15 is 0 Å². The summed E-state index contributed by atoms with van der Waals surface area (Å²) in [6, 6.07) is 7.12. The highest BCUT2D eigenvalue weighted by atomic mass is 32.2. The van der Waals surface area contributed by atoms with Crippen LogP contribution in [-0.4, -0.2) is 45.6 Å². The molecule has 0 aliphatic carbocycles. The summed E-state index contributed by atoms with van der Waals surface area (Å²) < 4.78 is 32.3. The highest BCUT2D eigenvalue weighted by molar-refractivity contribution is 7.89. The van der Waals surface area contributed by atoms with Crippen LogP contribution in [0.5, 0.6) is 0 Å². The number of hydrogen-bond donors (Lipinski definition) is 1. The van der Waals surface area contributed by atoms with Crippen molar-refractivity contribution in [2.45, 2.75) is 30.8 Å². The second-order valence-electron chi connectivity index (χ2n) is 5.12. The van der Waals surface area contributed by atoms with Crippen LogP contribution in [0, 0.1) is 0 Å². The van der Waals surface area contributed by atoms with E-state index in [2.05, 4.69) is 5.32 Å². The lowest BCUT2D eigenvalue weighted by Gasteiger charge is -2.32. The van der Waals surface area contributed by atoms with Crippen LogP contribution >= 0.6 is 0 Å². The fourth-order valence-electron chi connectivity index (χ4n) is 2.32. The van der Waals surface area contributed by atoms with Crippen LogP contribution in [0.2, 0.25) is 0 Å². The van der Waals surface area contributed by atoms with Gasteiger partial charge in [0.25, 0.3) is 0 Å². The fourth-order valence-corrected chi connectivity index (χ4v) is 3.97. The van der Waals surface area contributed by atoms with Gasteiger partial charge in [-0.3, -0.25) is 0 Å². The second-order valence-corrected chi connectivity index (χ2v) is 7.01. The third-order valence-electron chi connectivity index (χ3n) is 3.70. The molecule has 0 bridgehead atoms. The van der Waals surface area contributed by atoms with Crippen LogP contribution in [0.1, 0.15) is 25.5 Å². The highest BCUT2D eigenvalue weighted by Crippen LogP contribution is 2.23. The number of benzene rings is 1. The number of morpholine rings is 1. The zero-order valence-corrected chi connectivity index (χ0v) is 13.0. The highest BCUT2D eigenvalue weighted by Gasteiger charge is 2.31. The van der Waals surface area contributed by atoms with Crippen molar-refractivity contribution in [3.8, 4) is 0 Å². The number of nitrogens with zero attached hydrogens (tertiary/aromatic N) is 1. The van der Waals surface area contributed by atoms with Gasteiger partial charge in [-0.1, -0.05) is 12.1 Å². The van der Waals surface area contributed by atoms with Gasteiger partial charge in [-0.2, -0.15) is 4.31 Å². The van der Waals surface area contributed by atoms with Gasteiger partial charge in [0.05, 0.1) is 18.1 Å². The summed E-state index contributed by atoms with van der Waals surface area (Å²) in [6.45, 7) is 5.19. The molecule has 1 heterocycles. The van der Waals surface area contributed by atoms with Gasteiger partial charge in [0.2, 0.25) is 10.0 Å². The minimum Gasteiger partial charge on any atom is -0.378 e. The van der Waals surface area contributed by atoms with E-state index in [4.69, 9.17) is 4.74 Å². The standard InChI is InChI=1S/C14H22N2O3S/c1-11-10-19-8-7-16(11)20(17,18)14-6-4-5-13(9-14)12(2)15-3/h4-6,9,11-12,15H,7-8,10H2,1-3H3. The van der Waals surface area contributed by atoms with Gasteiger partial charge in [0.1, 0.15) is 0 Å². The van der Waals surface area contributed by atoms with E-state index in [1.807, 2.05) is 27.0 Å². The van der Waals surface area contributed by atoms with Crippen molar-refractivity contribution < 1.29 is 13.2 Å². The van der Waals surface area contributed by atoms with Crippen molar-refractivity contribution in [2.24, 2.45) is 0 Å². The molecule has 1 fully saturated rings. The molecule has 0 aromatic heterocycles. The molecule has 0 amide bonds. The molecule has 2 rings (SSSR count). The zero-order chi connectivity index (χ0) is 14.8. The lowest BCUT2D eigenvalue weighted by Crippen LogP contribution is -2.46. The molecular weight excluding hydrogens is 276 g/mol. The molecule has 1 N–H and O–H groups in total. The van der Waals surface area contributed by atoms with E-state index in [1.54, 1.807) is 18.2 Å². The molecule has 0 spiro atoms. The summed E-state index contributed by atoms with van der Waals surface area (Å²) in [4.78, 5) is 0.353. The molecule has 112 valence electrons. The molecule has 1 saturated heterocycles. The lowest BCUT2D eigenvalue weighted by atomic mass is 10.1. The number of hydrogen-bond acceptors (Lipinski definition) is 4. The van der Waals surface area contributed by atoms with Crippen molar-refractivity contribution in [2.75, 3.05) is 26.8 Å². The summed E-state index contributed by atoms with van der Waals surface area (Å²) in [5, 5.41) is 3.12. The molecule has 1 aliphatic heterocycles. The van der Waals surface area contributed by atoms with Crippen molar-refractivity contribution in [3.63, 3.8) is 0 Å². The van der Waals surface area contributed by atoms with Gasteiger partial charge in [-0.15, -0.1) is 0 Å². The molecule has 0 saturated carbocycles. The molecule has 1 aromatic rings. The molecule has 6 heteroatoms. The van der Waals surface area contributed by atoms with E-state index in [1.165, 1.54) is 4.31 Å². The fraction of sp³-hybridized carbons (Fsp3) is 0.571. The minimum absolute atomic E-state index is 0.118. The summed E-state index contributed by atoms with van der Waals surface area (Å²) in [5.41, 5.74) is 0.967. The van der Waals surface area contributed by atoms with Crippen molar-refractivity contribution in [1.82, 2.24) is 9.62 Å². The van der Waals surface area contributed by atoms with Crippen LogP contribution in [0.3, 0.4) is 0 Å². The van der Waals surface area contributed by atoms with Crippen LogP contribution in [0.4, 0.5) is 0 Å². The molecule has 1 aromatic carbocycles. The summed E-state index contributed by atoms with van der Waals surface area (Å²) >= 11 is 0. The first-order valence-electron chi connectivity index (χ1n) is 6.83. The number of rotatable bonds is 4. The van der Waals surface area contributed by atoms with Gasteiger partial charge in [0, 0.05) is 18.6 Å². The Labute approximate surface area is 121 Å². The van der Waals surface area contributed by atoms with E-state index in [0.717, 1.165) is 5.56 Å². The van der Waals surface area contributed by atoms with Gasteiger partial charge in [-0.05, 0) is 38.6 Å². The van der Waals surface area contributed by atoms with Crippen LogP contribution in [0.15, 0.2) is 29.2 Å². The Kier molecular flexibility index (Phi) is 4.80. The third-order valence-corrected chi connectivity index (χ3v) is 5.71. The monoisotopic (exact) mass is 298 g/mol. The second kappa shape index (κ2) is 6.22. The molecular formula is C14H22N2O3S. The number of sulfonamides is 1. The first-order chi connectivity index (χ1) is 9.46. The van der Waals surface area contributed by atoms with Crippen molar-refractivity contribution in [1.29, 1.82) is 0 Å². The Morgan fingerprint density at radius 3 is 2.85 bits per heavy atom. The average molecular weight is 298 g/mol. The maximum atomic E-state index is 12.7. The van der Waals surface area contributed by atoms with Crippen LogP contribution < -0.4 is 5.32 Å². The van der Waals surface area contributed by atoms with Gasteiger partial charge in [0.15, 0.2) is 0 Å². The number of nitrogens with one attached hydrogen (secondary N) is 1. The predicted molar refractivity (Wildman–Crippen MR) is 78.1 cm³/mol. The maximum Gasteiger partial charge on any atom is 0.243 e. The Bertz CT molecular complexity index is 559. The minimum atomic E-state index is -3.45. The van der Waals surface area contributed by atoms with Crippen LogP contribution in [0.25, 0.3) is 0 Å². The van der Waals surface area contributed by atoms with E-state index < -0.39 is 10.0 Å². The third kappa shape index (κ3) is 3.03. The molecule has 1 aliphatic rings. The average Bonchev–Trinajstić information content (AvgIpc) is 2.47. The molecule has 5 nitrogen and oxygen atoms in total. The summed E-state index contributed by atoms with van der Waals surface area (Å²) in [7, 11) is -1.59. The van der Waals surface area contributed by atoms with E-state index in [-0.39, 0.29) is 12.1 Å². The smallest absolute Gasteiger partial charge is 0.243 e. The summed E-state index contributed by atoms with van der Waals surface area (Å²) in [5.74, 6) is 0. The molecule has 20 heavy (non-hydrogen) atoms. The Morgan fingerprint density at radius 1 is 1.45 bits per heavy atom. The van der Waals surface area contributed by atoms with Crippen LogP contribution in [-0.2, 0) is 14.8 Å². The topological polar surface area (TPSA) is 58.6 Å². The first-order valence-corrected chi connectivity index (χ1v) is 8.27. The first kappa shape index (κ1) is 15.4. The predicted octanol–water partition coefficient (Wildman–Crippen LogP) is 1.38. The normalized spacial score (nSPS) is 22.6. The molecule has 2 unspecified atom stereocenters. The van der Waals surface area contributed by atoms with E-state index in [0.29, 0.717) is 24.7 Å². The zero-order valence-electron chi connectivity index (χ0n) is 12.2. The molecule has 0 radical (unpaired) electrons. The molecule has 2 atom stereocenters. The quantitative estimate of drug-likeness (QED) is 0.912. The van der Waals surface area contributed by atoms with E-state index in [9.17, 15) is 8.42 Å². The summed E-state index contributed by atoms with van der Waals surface area (Å²) in [6.07, 6.45) is 0. The largest absolute Gasteiger partial charge is 0.378 e. The lowest BCUT2D eigenvalue weighted by molar-refractivity contribution is 0.0392. The SMILES string of the molecule is CNC(C)c1cccc(S(=O)(=O)N2CCOCC2C)c1. The Hall–Kier alpha value is -0.950. The van der Waals surface area contributed by atoms with Crippen molar-refractivity contribution >= 4 is 10.0 Å².